The van der Waals surface area contributed by atoms with Crippen LogP contribution in [0.25, 0.3) is 0 Å². The van der Waals surface area contributed by atoms with Gasteiger partial charge >= 0.3 is 0 Å². The van der Waals surface area contributed by atoms with E-state index in [0.29, 0.717) is 26.1 Å². The first-order chi connectivity index (χ1) is 8.70. The fraction of sp³-hybridized carbons (Fsp3) is 0.857. The largest absolute Gasteiger partial charge is 0.383 e. The van der Waals surface area contributed by atoms with E-state index in [1.807, 2.05) is 4.90 Å². The van der Waals surface area contributed by atoms with Gasteiger partial charge in [0.1, 0.15) is 0 Å². The van der Waals surface area contributed by atoms with Crippen molar-refractivity contribution in [3.63, 3.8) is 0 Å². The van der Waals surface area contributed by atoms with Gasteiger partial charge in [-0.15, -0.1) is 0 Å². The number of hydrogen-bond acceptors (Lipinski definition) is 3. The fourth-order valence-electron chi connectivity index (χ4n) is 2.81. The Labute approximate surface area is 110 Å². The summed E-state index contributed by atoms with van der Waals surface area (Å²) in [4.78, 5) is 14.5. The molecule has 0 aliphatic heterocycles. The highest BCUT2D eigenvalue weighted by molar-refractivity contribution is 5.83. The standard InChI is InChI=1S/C14H24N2O2/c1-3-14(7-4-5-8-14)13(17)16(10-6-9-15)11-12-18-2/h3-8,10-12H2,1-2H3. The van der Waals surface area contributed by atoms with Crippen molar-refractivity contribution in [2.45, 2.75) is 45.4 Å². The summed E-state index contributed by atoms with van der Waals surface area (Å²) in [5, 5.41) is 8.69. The van der Waals surface area contributed by atoms with Crippen molar-refractivity contribution in [3.05, 3.63) is 0 Å². The van der Waals surface area contributed by atoms with Crippen molar-refractivity contribution in [2.24, 2.45) is 5.41 Å². The van der Waals surface area contributed by atoms with Crippen LogP contribution in [0.4, 0.5) is 0 Å². The normalized spacial score (nSPS) is 17.4. The molecule has 102 valence electrons. The van der Waals surface area contributed by atoms with Crippen molar-refractivity contribution in [2.75, 3.05) is 26.8 Å². The predicted octanol–water partition coefficient (Wildman–Crippen LogP) is 2.35. The minimum atomic E-state index is -0.163. The van der Waals surface area contributed by atoms with Crippen LogP contribution in [0.2, 0.25) is 0 Å². The first-order valence-electron chi connectivity index (χ1n) is 6.85. The van der Waals surface area contributed by atoms with E-state index >= 15 is 0 Å². The molecule has 0 bridgehead atoms. The van der Waals surface area contributed by atoms with Crippen LogP contribution >= 0.6 is 0 Å². The molecule has 0 atom stereocenters. The zero-order valence-electron chi connectivity index (χ0n) is 11.6. The first-order valence-corrected chi connectivity index (χ1v) is 6.85. The molecule has 18 heavy (non-hydrogen) atoms. The molecule has 1 rings (SSSR count). The van der Waals surface area contributed by atoms with Gasteiger partial charge < -0.3 is 9.64 Å². The van der Waals surface area contributed by atoms with Crippen molar-refractivity contribution < 1.29 is 9.53 Å². The summed E-state index contributed by atoms with van der Waals surface area (Å²) in [6, 6.07) is 2.12. The lowest BCUT2D eigenvalue weighted by molar-refractivity contribution is -0.142. The average Bonchev–Trinajstić information content (AvgIpc) is 2.88. The number of nitriles is 1. The zero-order chi connectivity index (χ0) is 13.4. The summed E-state index contributed by atoms with van der Waals surface area (Å²) in [5.74, 6) is 0.231. The Hall–Kier alpha value is -1.08. The number of methoxy groups -OCH3 is 1. The Bertz CT molecular complexity index is 303. The summed E-state index contributed by atoms with van der Waals surface area (Å²) in [6.45, 7) is 3.76. The predicted molar refractivity (Wildman–Crippen MR) is 69.9 cm³/mol. The van der Waals surface area contributed by atoms with Crippen molar-refractivity contribution in [1.82, 2.24) is 4.90 Å². The summed E-state index contributed by atoms with van der Waals surface area (Å²) in [6.07, 6.45) is 5.60. The van der Waals surface area contributed by atoms with Gasteiger partial charge in [-0.25, -0.2) is 0 Å². The molecule has 0 aromatic rings. The van der Waals surface area contributed by atoms with E-state index < -0.39 is 0 Å². The minimum Gasteiger partial charge on any atom is -0.383 e. The van der Waals surface area contributed by atoms with Crippen LogP contribution in [0.3, 0.4) is 0 Å². The van der Waals surface area contributed by atoms with Crippen molar-refractivity contribution in [3.8, 4) is 6.07 Å². The van der Waals surface area contributed by atoms with Gasteiger partial charge in [-0.1, -0.05) is 19.8 Å². The van der Waals surface area contributed by atoms with Crippen LogP contribution in [-0.4, -0.2) is 37.6 Å². The minimum absolute atomic E-state index is 0.163. The highest BCUT2D eigenvalue weighted by Crippen LogP contribution is 2.42. The molecule has 1 aliphatic carbocycles. The lowest BCUT2D eigenvalue weighted by Crippen LogP contribution is -2.44. The van der Waals surface area contributed by atoms with E-state index in [1.165, 1.54) is 0 Å². The van der Waals surface area contributed by atoms with E-state index in [9.17, 15) is 4.79 Å². The second kappa shape index (κ2) is 7.38. The molecule has 1 fully saturated rings. The molecule has 4 nitrogen and oxygen atoms in total. The quantitative estimate of drug-likeness (QED) is 0.699. The van der Waals surface area contributed by atoms with Gasteiger partial charge in [0.2, 0.25) is 5.91 Å². The molecule has 0 spiro atoms. The van der Waals surface area contributed by atoms with Gasteiger partial charge in [0.15, 0.2) is 0 Å². The summed E-state index contributed by atoms with van der Waals surface area (Å²) < 4.78 is 5.05. The molecule has 1 saturated carbocycles. The van der Waals surface area contributed by atoms with Gasteiger partial charge in [-0.2, -0.15) is 5.26 Å². The Balaban J connectivity index is 2.70. The lowest BCUT2D eigenvalue weighted by Gasteiger charge is -2.33. The van der Waals surface area contributed by atoms with Crippen molar-refractivity contribution >= 4 is 5.91 Å². The van der Waals surface area contributed by atoms with Gasteiger partial charge in [0.05, 0.1) is 19.1 Å². The van der Waals surface area contributed by atoms with Gasteiger partial charge in [-0.05, 0) is 19.3 Å². The molecule has 0 heterocycles. The van der Waals surface area contributed by atoms with Gasteiger partial charge in [0, 0.05) is 25.6 Å². The number of nitrogens with zero attached hydrogens (tertiary/aromatic N) is 2. The Morgan fingerprint density at radius 2 is 2.06 bits per heavy atom. The summed E-state index contributed by atoms with van der Waals surface area (Å²) in [5.41, 5.74) is -0.163. The molecular weight excluding hydrogens is 228 g/mol. The first kappa shape index (κ1) is 15.0. The van der Waals surface area contributed by atoms with E-state index in [0.717, 1.165) is 32.1 Å². The van der Waals surface area contributed by atoms with E-state index in [2.05, 4.69) is 13.0 Å². The summed E-state index contributed by atoms with van der Waals surface area (Å²) in [7, 11) is 1.64. The van der Waals surface area contributed by atoms with Crippen LogP contribution in [0.15, 0.2) is 0 Å². The molecule has 0 aromatic carbocycles. The van der Waals surface area contributed by atoms with Crippen LogP contribution < -0.4 is 0 Å². The van der Waals surface area contributed by atoms with Gasteiger partial charge in [-0.3, -0.25) is 4.79 Å². The number of ether oxygens (including phenoxy) is 1. The number of carbonyl (C=O) groups is 1. The molecule has 0 aromatic heterocycles. The lowest BCUT2D eigenvalue weighted by atomic mass is 9.82. The molecule has 1 amide bonds. The number of rotatable bonds is 7. The van der Waals surface area contributed by atoms with Crippen LogP contribution in [0, 0.1) is 16.7 Å². The third kappa shape index (κ3) is 3.46. The van der Waals surface area contributed by atoms with Gasteiger partial charge in [0.25, 0.3) is 0 Å². The Morgan fingerprint density at radius 1 is 1.39 bits per heavy atom. The molecule has 4 heteroatoms. The third-order valence-corrected chi connectivity index (χ3v) is 4.04. The average molecular weight is 252 g/mol. The van der Waals surface area contributed by atoms with E-state index in [1.54, 1.807) is 7.11 Å². The van der Waals surface area contributed by atoms with E-state index in [-0.39, 0.29) is 11.3 Å². The fourth-order valence-corrected chi connectivity index (χ4v) is 2.81. The third-order valence-electron chi connectivity index (χ3n) is 4.04. The molecule has 0 radical (unpaired) electrons. The second-order valence-electron chi connectivity index (χ2n) is 5.03. The van der Waals surface area contributed by atoms with Crippen LogP contribution in [0.5, 0.6) is 0 Å². The Kier molecular flexibility index (Phi) is 6.14. The maximum absolute atomic E-state index is 12.7. The molecular formula is C14H24N2O2. The topological polar surface area (TPSA) is 53.3 Å². The van der Waals surface area contributed by atoms with Crippen LogP contribution in [-0.2, 0) is 9.53 Å². The molecule has 1 aliphatic rings. The van der Waals surface area contributed by atoms with Crippen molar-refractivity contribution in [1.29, 1.82) is 5.26 Å². The van der Waals surface area contributed by atoms with Crippen LogP contribution in [0.1, 0.15) is 45.4 Å². The number of hydrogen-bond donors (Lipinski definition) is 0. The van der Waals surface area contributed by atoms with E-state index in [4.69, 9.17) is 10.00 Å². The molecule has 0 unspecified atom stereocenters. The Morgan fingerprint density at radius 3 is 2.56 bits per heavy atom. The highest BCUT2D eigenvalue weighted by atomic mass is 16.5. The zero-order valence-corrected chi connectivity index (χ0v) is 11.6. The maximum atomic E-state index is 12.7. The molecule has 0 saturated heterocycles. The number of carbonyl (C=O) groups excluding carboxylic acids is 1. The summed E-state index contributed by atoms with van der Waals surface area (Å²) >= 11 is 0. The number of amides is 1. The second-order valence-corrected chi connectivity index (χ2v) is 5.03. The SMILES string of the molecule is CCC1(C(=O)N(CCC#N)CCOC)CCCC1. The maximum Gasteiger partial charge on any atom is 0.228 e. The molecule has 0 N–H and O–H groups in total. The highest BCUT2D eigenvalue weighted by Gasteiger charge is 2.41. The smallest absolute Gasteiger partial charge is 0.228 e. The monoisotopic (exact) mass is 252 g/mol.